The third-order valence-corrected chi connectivity index (χ3v) is 5.72. The van der Waals surface area contributed by atoms with Crippen molar-refractivity contribution in [2.45, 2.75) is 6.04 Å². The summed E-state index contributed by atoms with van der Waals surface area (Å²) >= 11 is 0. The minimum absolute atomic E-state index is 0.280. The number of aliphatic hydroxyl groups excluding tert-OH is 1. The number of hydrogen-bond donors (Lipinski definition) is 6. The van der Waals surface area contributed by atoms with Crippen LogP contribution in [-0.2, 0) is 14.4 Å². The van der Waals surface area contributed by atoms with Gasteiger partial charge in [0.1, 0.15) is 6.04 Å². The normalized spacial score (nSPS) is 11.5. The molecule has 0 aliphatic rings. The van der Waals surface area contributed by atoms with Crippen molar-refractivity contribution in [2.75, 3.05) is 25.0 Å². The van der Waals surface area contributed by atoms with Crippen LogP contribution in [0.5, 0.6) is 0 Å². The Morgan fingerprint density at radius 1 is 0.816 bits per heavy atom. The molecule has 38 heavy (non-hydrogen) atoms. The second-order valence-corrected chi connectivity index (χ2v) is 8.36. The van der Waals surface area contributed by atoms with Crippen LogP contribution in [0.2, 0.25) is 0 Å². The summed E-state index contributed by atoms with van der Waals surface area (Å²) in [4.78, 5) is 52.9. The second-order valence-electron chi connectivity index (χ2n) is 8.36. The number of hydrogen-bond acceptors (Lipinski definition) is 7. The summed E-state index contributed by atoms with van der Waals surface area (Å²) in [6, 6.07) is 21.2. The van der Waals surface area contributed by atoms with Crippen LogP contribution in [0.15, 0.2) is 72.8 Å². The fraction of sp³-hybridized carbons (Fsp3) is 0.148. The zero-order valence-corrected chi connectivity index (χ0v) is 20.2. The predicted octanol–water partition coefficient (Wildman–Crippen LogP) is 0.940. The number of primary amides is 1. The third kappa shape index (κ3) is 6.02. The summed E-state index contributed by atoms with van der Waals surface area (Å²) in [5.41, 5.74) is 8.16. The van der Waals surface area contributed by atoms with E-state index in [1.807, 2.05) is 60.7 Å². The van der Waals surface area contributed by atoms with Gasteiger partial charge in [0.2, 0.25) is 17.7 Å². The fourth-order valence-electron chi connectivity index (χ4n) is 3.85. The van der Waals surface area contributed by atoms with E-state index < -0.39 is 49.4 Å². The maximum atomic E-state index is 13.1. The molecule has 0 fully saturated rings. The molecule has 0 saturated heterocycles. The number of aromatic nitrogens is 1. The average molecular weight is 515 g/mol. The molecule has 0 bridgehead atoms. The molecule has 4 amide bonds. The van der Waals surface area contributed by atoms with E-state index >= 15 is 0 Å². The molecule has 1 atom stereocenters. The lowest BCUT2D eigenvalue weighted by Crippen LogP contribution is -2.50. The molecule has 194 valence electrons. The van der Waals surface area contributed by atoms with Crippen LogP contribution in [0.3, 0.4) is 0 Å². The topological polar surface area (TPSA) is 176 Å². The Morgan fingerprint density at radius 3 is 2.24 bits per heavy atom. The summed E-state index contributed by atoms with van der Waals surface area (Å²) in [7, 11) is 0. The van der Waals surface area contributed by atoms with Crippen molar-refractivity contribution in [1.82, 2.24) is 20.9 Å². The molecule has 3 aromatic carbocycles. The molecule has 4 aromatic rings. The van der Waals surface area contributed by atoms with Crippen molar-refractivity contribution in [3.63, 3.8) is 0 Å². The van der Waals surface area contributed by atoms with Gasteiger partial charge in [-0.15, -0.1) is 0 Å². The number of carbonyl (C=O) groups excluding carboxylic acids is 4. The first-order valence-electron chi connectivity index (χ1n) is 11.8. The summed E-state index contributed by atoms with van der Waals surface area (Å²) in [5, 5.41) is 21.2. The van der Waals surface area contributed by atoms with Gasteiger partial charge in [-0.1, -0.05) is 48.5 Å². The lowest BCUT2D eigenvalue weighted by Gasteiger charge is -2.15. The van der Waals surface area contributed by atoms with Crippen molar-refractivity contribution >= 4 is 56.8 Å². The molecule has 1 aromatic heterocycles. The van der Waals surface area contributed by atoms with Crippen molar-refractivity contribution in [2.24, 2.45) is 5.73 Å². The quantitative estimate of drug-likeness (QED) is 0.171. The van der Waals surface area contributed by atoms with Crippen LogP contribution >= 0.6 is 0 Å². The number of anilines is 2. The van der Waals surface area contributed by atoms with Crippen molar-refractivity contribution in [1.29, 1.82) is 0 Å². The van der Waals surface area contributed by atoms with Gasteiger partial charge in [0.15, 0.2) is 0 Å². The molecule has 0 saturated carbocycles. The molecule has 0 aliphatic carbocycles. The van der Waals surface area contributed by atoms with E-state index in [-0.39, 0.29) is 5.56 Å². The Balaban J connectivity index is 1.50. The van der Waals surface area contributed by atoms with Gasteiger partial charge >= 0.3 is 0 Å². The van der Waals surface area contributed by atoms with Gasteiger partial charge in [-0.25, -0.2) is 4.98 Å². The maximum absolute atomic E-state index is 13.1. The largest absolute Gasteiger partial charge is 0.394 e. The first kappa shape index (κ1) is 26.0. The number of aliphatic hydroxyl groups is 1. The fourth-order valence-corrected chi connectivity index (χ4v) is 3.85. The Labute approximate surface area is 217 Å². The number of fused-ring (bicyclic) bond motifs is 2. The van der Waals surface area contributed by atoms with E-state index in [0.717, 1.165) is 22.1 Å². The molecule has 11 nitrogen and oxygen atoms in total. The van der Waals surface area contributed by atoms with E-state index in [0.29, 0.717) is 11.0 Å². The lowest BCUT2D eigenvalue weighted by atomic mass is 10.0. The van der Waals surface area contributed by atoms with E-state index in [4.69, 9.17) is 15.8 Å². The van der Waals surface area contributed by atoms with E-state index in [2.05, 4.69) is 21.3 Å². The third-order valence-electron chi connectivity index (χ3n) is 5.72. The van der Waals surface area contributed by atoms with Crippen LogP contribution < -0.4 is 27.0 Å². The SMILES string of the molecule is NC(=O)[C@H](CO)NC(=O)CNC(=O)CNC(=O)c1cccc2c(Nc3ccccc3)c3ccccc3nc12. The number of nitrogens with one attached hydrogen (secondary N) is 4. The highest BCUT2D eigenvalue weighted by atomic mass is 16.3. The maximum Gasteiger partial charge on any atom is 0.253 e. The molecule has 7 N–H and O–H groups in total. The number of carbonyl (C=O) groups is 4. The summed E-state index contributed by atoms with van der Waals surface area (Å²) in [6.45, 7) is -1.53. The molecular weight excluding hydrogens is 488 g/mol. The minimum Gasteiger partial charge on any atom is -0.394 e. The monoisotopic (exact) mass is 514 g/mol. The van der Waals surface area contributed by atoms with Crippen LogP contribution in [0.25, 0.3) is 21.8 Å². The zero-order valence-electron chi connectivity index (χ0n) is 20.2. The molecule has 0 unspecified atom stereocenters. The lowest BCUT2D eigenvalue weighted by molar-refractivity contribution is -0.129. The highest BCUT2D eigenvalue weighted by Gasteiger charge is 2.19. The molecule has 1 heterocycles. The van der Waals surface area contributed by atoms with Gasteiger partial charge in [-0.3, -0.25) is 19.2 Å². The molecule has 0 aliphatic heterocycles. The second kappa shape index (κ2) is 11.8. The number of nitrogens with two attached hydrogens (primary N) is 1. The first-order chi connectivity index (χ1) is 18.4. The highest BCUT2D eigenvalue weighted by Crippen LogP contribution is 2.34. The predicted molar refractivity (Wildman–Crippen MR) is 143 cm³/mol. The van der Waals surface area contributed by atoms with Gasteiger partial charge < -0.3 is 32.1 Å². The summed E-state index contributed by atoms with van der Waals surface area (Å²) in [6.07, 6.45) is 0. The number of amides is 4. The Hall–Kier alpha value is -5.03. The Kier molecular flexibility index (Phi) is 8.09. The van der Waals surface area contributed by atoms with Crippen LogP contribution in [-0.4, -0.2) is 59.5 Å². The Morgan fingerprint density at radius 2 is 1.50 bits per heavy atom. The van der Waals surface area contributed by atoms with Gasteiger partial charge in [-0.05, 0) is 24.3 Å². The van der Waals surface area contributed by atoms with Gasteiger partial charge in [0.05, 0.1) is 42.0 Å². The summed E-state index contributed by atoms with van der Waals surface area (Å²) in [5.74, 6) is -2.76. The van der Waals surface area contributed by atoms with E-state index in [1.165, 1.54) is 0 Å². The molecule has 0 spiro atoms. The number of nitrogens with zero attached hydrogens (tertiary/aromatic N) is 1. The van der Waals surface area contributed by atoms with Crippen LogP contribution in [0.4, 0.5) is 11.4 Å². The van der Waals surface area contributed by atoms with Crippen molar-refractivity contribution in [3.8, 4) is 0 Å². The average Bonchev–Trinajstić information content (AvgIpc) is 2.93. The van der Waals surface area contributed by atoms with Crippen molar-refractivity contribution < 1.29 is 24.3 Å². The van der Waals surface area contributed by atoms with Gasteiger partial charge in [0.25, 0.3) is 5.91 Å². The first-order valence-corrected chi connectivity index (χ1v) is 11.8. The number of para-hydroxylation sites is 3. The highest BCUT2D eigenvalue weighted by molar-refractivity contribution is 6.15. The molecule has 4 rings (SSSR count). The smallest absolute Gasteiger partial charge is 0.253 e. The molecule has 0 radical (unpaired) electrons. The van der Waals surface area contributed by atoms with E-state index in [1.54, 1.807) is 12.1 Å². The van der Waals surface area contributed by atoms with Crippen molar-refractivity contribution in [3.05, 3.63) is 78.4 Å². The molecular formula is C27H26N6O5. The number of benzene rings is 3. The van der Waals surface area contributed by atoms with Gasteiger partial charge in [0, 0.05) is 16.5 Å². The number of rotatable bonds is 10. The van der Waals surface area contributed by atoms with Gasteiger partial charge in [-0.2, -0.15) is 0 Å². The minimum atomic E-state index is -1.25. The zero-order chi connectivity index (χ0) is 27.1. The summed E-state index contributed by atoms with van der Waals surface area (Å²) < 4.78 is 0. The number of pyridine rings is 1. The standard InChI is InChI=1S/C27H26N6O5/c28-26(37)21(15-34)32-23(36)14-29-22(35)13-30-27(38)19-11-6-10-18-24(31-16-7-2-1-3-8-16)17-9-4-5-12-20(17)33-25(18)19/h1-12,21,34H,13-15H2,(H2,28,37)(H,29,35)(H,30,38)(H,31,33)(H,32,36)/t21-/m0/s1. The Bertz CT molecular complexity index is 1510. The van der Waals surface area contributed by atoms with Crippen LogP contribution in [0.1, 0.15) is 10.4 Å². The van der Waals surface area contributed by atoms with Crippen LogP contribution in [0, 0.1) is 0 Å². The molecule has 11 heteroatoms. The van der Waals surface area contributed by atoms with E-state index in [9.17, 15) is 19.2 Å².